The van der Waals surface area contributed by atoms with Crippen molar-refractivity contribution < 1.29 is 83.1 Å². The van der Waals surface area contributed by atoms with Gasteiger partial charge in [-0.05, 0) is 96.4 Å². The fraction of sp³-hybridized carbons (Fsp3) is 0.608. The highest BCUT2D eigenvalue weighted by molar-refractivity contribution is 7.85. The Labute approximate surface area is 444 Å². The second-order valence-corrected chi connectivity index (χ2v) is 23.6. The minimum absolute atomic E-state index is 0.0163. The van der Waals surface area contributed by atoms with Gasteiger partial charge in [0.1, 0.15) is 29.8 Å². The number of esters is 1. The number of nitro benzene ring substituents is 1. The summed E-state index contributed by atoms with van der Waals surface area (Å²) in [5, 5.41) is 11.3. The second kappa shape index (κ2) is 23.4. The fourth-order valence-electron chi connectivity index (χ4n) is 8.39. The van der Waals surface area contributed by atoms with E-state index in [4.69, 9.17) is 34.7 Å². The molecule has 20 nitrogen and oxygen atoms in total. The Morgan fingerprint density at radius 2 is 1.62 bits per heavy atom. The zero-order valence-corrected chi connectivity index (χ0v) is 45.9. The van der Waals surface area contributed by atoms with Gasteiger partial charge in [-0.2, -0.15) is 21.6 Å². The molecule has 1 saturated heterocycles. The molecular weight excluding hydrogens is 1050 g/mol. The van der Waals surface area contributed by atoms with E-state index in [-0.39, 0.29) is 55.6 Å². The van der Waals surface area contributed by atoms with Crippen LogP contribution >= 0.6 is 11.6 Å². The summed E-state index contributed by atoms with van der Waals surface area (Å²) in [4.78, 5) is 83.1. The molecule has 0 bridgehead atoms. The molecule has 0 unspecified atom stereocenters. The molecule has 25 heteroatoms. The number of fused-ring (bicyclic) bond motifs is 1. The van der Waals surface area contributed by atoms with Crippen LogP contribution in [0, 0.1) is 32.8 Å². The number of nitrogens with zero attached hydrogens (tertiary/aromatic N) is 3. The van der Waals surface area contributed by atoms with Gasteiger partial charge < -0.3 is 33.3 Å². The number of ether oxygens (including phenoxy) is 6. The van der Waals surface area contributed by atoms with E-state index in [1.165, 1.54) is 4.90 Å². The highest BCUT2D eigenvalue weighted by atomic mass is 35.5. The lowest BCUT2D eigenvalue weighted by molar-refractivity contribution is -0.384. The summed E-state index contributed by atoms with van der Waals surface area (Å²) in [7, 11) is -2.88. The third-order valence-corrected chi connectivity index (χ3v) is 14.4. The van der Waals surface area contributed by atoms with E-state index in [0.29, 0.717) is 67.8 Å². The lowest BCUT2D eigenvalue weighted by Crippen LogP contribution is -2.49. The molecule has 2 aromatic carbocycles. The van der Waals surface area contributed by atoms with E-state index in [1.54, 1.807) is 59.1 Å². The van der Waals surface area contributed by atoms with E-state index in [9.17, 15) is 55.7 Å². The maximum atomic E-state index is 14.7. The number of alkyl halides is 3. The molecule has 2 amide bonds. The smallest absolute Gasteiger partial charge is 0.488 e. The summed E-state index contributed by atoms with van der Waals surface area (Å²) in [5.74, 6) is -2.89. The largest absolute Gasteiger partial charge is 0.514 e. The van der Waals surface area contributed by atoms with Gasteiger partial charge >= 0.3 is 28.6 Å². The topological polar surface area (TPSA) is 255 Å². The van der Waals surface area contributed by atoms with Crippen molar-refractivity contribution in [2.24, 2.45) is 22.7 Å². The Morgan fingerprint density at radius 1 is 0.974 bits per heavy atom. The first kappa shape index (κ1) is 61.0. The monoisotopic (exact) mass is 1110 g/mol. The third kappa shape index (κ3) is 16.1. The minimum atomic E-state index is -4.75. The lowest BCUT2D eigenvalue weighted by atomic mass is 9.77. The molecule has 420 valence electrons. The Balaban J connectivity index is 0.000000448. The average Bonchev–Trinajstić information content (AvgIpc) is 4.15. The number of hydrogen-bond acceptors (Lipinski definition) is 17. The Kier molecular flexibility index (Phi) is 18.8. The van der Waals surface area contributed by atoms with Crippen molar-refractivity contribution in [1.29, 1.82) is 0 Å². The quantitative estimate of drug-likeness (QED) is 0.0363. The van der Waals surface area contributed by atoms with Crippen LogP contribution in [0.5, 0.6) is 17.4 Å². The molecule has 2 saturated carbocycles. The van der Waals surface area contributed by atoms with Crippen LogP contribution in [0.1, 0.15) is 114 Å². The van der Waals surface area contributed by atoms with E-state index in [0.717, 1.165) is 24.3 Å². The van der Waals surface area contributed by atoms with Crippen LogP contribution in [0.4, 0.5) is 23.7 Å². The summed E-state index contributed by atoms with van der Waals surface area (Å²) >= 11 is 6.55. The van der Waals surface area contributed by atoms with Crippen LogP contribution in [0.3, 0.4) is 0 Å². The molecule has 5 atom stereocenters. The maximum Gasteiger partial charge on any atom is 0.514 e. The number of para-hydroxylation sites is 1. The van der Waals surface area contributed by atoms with E-state index in [2.05, 4.69) is 19.2 Å². The van der Waals surface area contributed by atoms with Gasteiger partial charge in [0.2, 0.25) is 23.3 Å². The van der Waals surface area contributed by atoms with Crippen LogP contribution in [0.15, 0.2) is 48.5 Å². The number of amides is 2. The van der Waals surface area contributed by atoms with Crippen molar-refractivity contribution in [3.05, 3.63) is 63.7 Å². The maximum absolute atomic E-state index is 14.7. The summed E-state index contributed by atoms with van der Waals surface area (Å²) in [6, 6.07) is 10.0. The number of carbonyl (C=O) groups excluding carboxylic acids is 5. The van der Waals surface area contributed by atoms with Gasteiger partial charge in [-0.15, -0.1) is 0 Å². The van der Waals surface area contributed by atoms with Gasteiger partial charge in [0.15, 0.2) is 5.78 Å². The first-order valence-corrected chi connectivity index (χ1v) is 26.2. The number of halogens is 4. The zero-order chi connectivity index (χ0) is 57.0. The number of methoxy groups -OCH3 is 1. The number of hydrogen-bond donors (Lipinski definition) is 1. The minimum Gasteiger partial charge on any atom is -0.488 e. The Bertz CT molecular complexity index is 2760. The predicted octanol–water partition coefficient (Wildman–Crippen LogP) is 9.41. The molecule has 3 aromatic rings. The van der Waals surface area contributed by atoms with Gasteiger partial charge in [0.25, 0.3) is 5.69 Å². The molecule has 1 aliphatic heterocycles. The summed E-state index contributed by atoms with van der Waals surface area (Å²) in [5.41, 5.74) is -6.17. The van der Waals surface area contributed by atoms with Gasteiger partial charge in [-0.3, -0.25) is 29.3 Å². The second-order valence-electron chi connectivity index (χ2n) is 21.9. The molecule has 6 rings (SSSR count). The van der Waals surface area contributed by atoms with Crippen molar-refractivity contribution in [2.45, 2.75) is 149 Å². The molecule has 0 radical (unpaired) electrons. The number of nitrogens with one attached hydrogen (secondary N) is 1. The van der Waals surface area contributed by atoms with Crippen molar-refractivity contribution in [3.63, 3.8) is 0 Å². The van der Waals surface area contributed by atoms with Crippen LogP contribution in [0.2, 0.25) is 5.02 Å². The summed E-state index contributed by atoms with van der Waals surface area (Å²) in [6.45, 7) is 16.2. The number of ketones is 1. The normalized spacial score (nSPS) is 20.6. The zero-order valence-electron chi connectivity index (χ0n) is 44.3. The molecule has 2 heterocycles. The summed E-state index contributed by atoms with van der Waals surface area (Å²) < 4.78 is 102. The Morgan fingerprint density at radius 3 is 2.16 bits per heavy atom. The van der Waals surface area contributed by atoms with Crippen molar-refractivity contribution in [2.75, 3.05) is 26.9 Å². The van der Waals surface area contributed by atoms with Crippen molar-refractivity contribution in [1.82, 2.24) is 14.6 Å². The van der Waals surface area contributed by atoms with E-state index < -0.39 is 96.8 Å². The number of non-ortho nitro benzene ring substituents is 1. The van der Waals surface area contributed by atoms with Gasteiger partial charge in [0, 0.05) is 43.5 Å². The van der Waals surface area contributed by atoms with Gasteiger partial charge in [-0.1, -0.05) is 51.8 Å². The molecule has 1 aromatic heterocycles. The molecule has 76 heavy (non-hydrogen) atoms. The Hall–Kier alpha value is -5.85. The molecule has 3 fully saturated rings. The standard InChI is InChI=1S/C40H56ClN3O11S.C11H10F3NO5/c1-10-24-21-40(24,36(48)43-56(49,50)55-39(8)14-15-39)22-30(45)29-18-25(23-44(29)35(47)27(37(2,3)4)19-33(46)54-38(5,6)7)53-31-20-32(52-17-16-51-9)42-34-26(31)12-11-13-28(34)41;1-10(2,11(12,13)14)20-9(16)19-8-5-3-7(4-6-8)15(17)18/h11-13,20,24-25,27,29H,10,14-19,21-23H2,1-9H3,(H,43,48);3-6H,1-2H3/t24-,25-,27-,29+,40-;/m1./s1. The highest BCUT2D eigenvalue weighted by Crippen LogP contribution is 2.58. The number of pyridine rings is 1. The van der Waals surface area contributed by atoms with Crippen LogP contribution in [0.25, 0.3) is 10.9 Å². The van der Waals surface area contributed by atoms with Crippen LogP contribution in [-0.4, -0.2) is 115 Å². The van der Waals surface area contributed by atoms with Crippen molar-refractivity contribution >= 4 is 68.2 Å². The van der Waals surface area contributed by atoms with E-state index in [1.807, 2.05) is 27.7 Å². The van der Waals surface area contributed by atoms with Crippen LogP contribution in [-0.2, 0) is 47.9 Å². The summed E-state index contributed by atoms with van der Waals surface area (Å²) in [6.07, 6.45) is -5.56. The lowest BCUT2D eigenvalue weighted by Gasteiger charge is -2.35. The third-order valence-electron chi connectivity index (χ3n) is 13.0. The number of rotatable bonds is 20. The number of likely N-dealkylation sites (tertiary alicyclic amines) is 1. The molecule has 1 N–H and O–H groups in total. The first-order valence-electron chi connectivity index (χ1n) is 24.4. The highest BCUT2D eigenvalue weighted by Gasteiger charge is 2.62. The number of carbonyl (C=O) groups is 5. The van der Waals surface area contributed by atoms with Crippen LogP contribution < -0.4 is 18.9 Å². The van der Waals surface area contributed by atoms with E-state index >= 15 is 0 Å². The molecule has 3 aliphatic rings. The first-order chi connectivity index (χ1) is 35.0. The van der Waals surface area contributed by atoms with Gasteiger partial charge in [-0.25, -0.2) is 18.7 Å². The number of nitro groups is 1. The molecule has 2 aliphatic carbocycles. The molecule has 0 spiro atoms. The molecular formula is C51H66ClF3N4O16S. The number of Topliss-reactive ketones (excluding diaryl/α,β-unsaturated/α-hetero) is 1. The van der Waals surface area contributed by atoms with Crippen molar-refractivity contribution in [3.8, 4) is 17.4 Å². The van der Waals surface area contributed by atoms with Gasteiger partial charge in [0.05, 0.1) is 58.0 Å². The SMILES string of the molecule is CC(C)(OC(=O)Oc1ccc([N+](=O)[O-])cc1)C(F)(F)F.CC[C@@H]1C[C@]1(CC(=O)[C@@H]1C[C@@H](Oc2cc(OCCOC)nc3c(Cl)cccc23)CN1C(=O)[C@@H](CC(=O)OC(C)(C)C)C(C)(C)C)C(=O)NS(=O)(=O)OC1(C)CC1. The predicted molar refractivity (Wildman–Crippen MR) is 269 cm³/mol. The average molecular weight is 1120 g/mol. The number of aromatic nitrogens is 1. The fourth-order valence-corrected chi connectivity index (χ4v) is 9.77. The number of benzene rings is 2.